The number of esters is 1. The molecule has 476 valence electrons. The van der Waals surface area contributed by atoms with E-state index in [1.54, 1.807) is 23.6 Å². The number of allylic oxidation sites excluding steroid dienone is 4. The van der Waals surface area contributed by atoms with Gasteiger partial charge in [0.25, 0.3) is 0 Å². The van der Waals surface area contributed by atoms with Gasteiger partial charge in [0.05, 0.1) is 69.8 Å². The Hall–Kier alpha value is -6.49. The van der Waals surface area contributed by atoms with Crippen molar-refractivity contribution in [2.24, 2.45) is 34.5 Å². The minimum Gasteiger partial charge on any atom is -0.483 e. The summed E-state index contributed by atoms with van der Waals surface area (Å²) in [5.74, 6) is -0.258. The SMILES string of the molecule is CCOC(=O)C12CC(=O)[C@@H]3C[C@]4(CCc5c(c(C)nc6ccc(C)cc56)O4)CN3C(=O)[C@@H](C)CCCCC/C=C\[C@@H]1C2.Cc1ccc2nc(C)c3c(c2c1)CC[C@]1(C[C@H]2C(=O)CC4(C(=O)NS(=O)(=O)C5(C)CC5)C[C@H]4/C=C\CCCCC[C@H](C)C(=O)N2C1)O3. The third-order valence-corrected chi connectivity index (χ3v) is 24.1. The summed E-state index contributed by atoms with van der Waals surface area (Å²) in [7, 11) is -3.86. The largest absolute Gasteiger partial charge is 0.483 e. The zero-order valence-corrected chi connectivity index (χ0v) is 54.4. The minimum atomic E-state index is -3.86. The fraction of sp³-hybridized carbons (Fsp3) is 0.611. The van der Waals surface area contributed by atoms with Gasteiger partial charge in [-0.3, -0.25) is 33.5 Å². The Kier molecular flexibility index (Phi) is 16.9. The second-order valence-electron chi connectivity index (χ2n) is 28.8. The van der Waals surface area contributed by atoms with Crippen LogP contribution < -0.4 is 14.2 Å². The van der Waals surface area contributed by atoms with Gasteiger partial charge in [-0.2, -0.15) is 0 Å². The first-order valence-corrected chi connectivity index (χ1v) is 34.8. The van der Waals surface area contributed by atoms with Crippen LogP contribution in [0.5, 0.6) is 11.5 Å². The van der Waals surface area contributed by atoms with Gasteiger partial charge in [0, 0.05) is 59.4 Å². The molecule has 2 saturated heterocycles. The molecule has 5 fully saturated rings. The van der Waals surface area contributed by atoms with Gasteiger partial charge in [-0.15, -0.1) is 0 Å². The minimum absolute atomic E-state index is 0.00679. The molecule has 10 atom stereocenters. The van der Waals surface area contributed by atoms with Crippen molar-refractivity contribution >= 4 is 67.1 Å². The molecule has 3 amide bonds. The van der Waals surface area contributed by atoms with Crippen LogP contribution in [0.4, 0.5) is 0 Å². The molecule has 2 aromatic heterocycles. The molecule has 1 N–H and O–H groups in total. The van der Waals surface area contributed by atoms with Gasteiger partial charge in [0.1, 0.15) is 22.7 Å². The van der Waals surface area contributed by atoms with Gasteiger partial charge in [0.15, 0.2) is 11.6 Å². The van der Waals surface area contributed by atoms with Crippen LogP contribution in [0, 0.1) is 62.2 Å². The van der Waals surface area contributed by atoms with Crippen molar-refractivity contribution in [1.29, 1.82) is 0 Å². The van der Waals surface area contributed by atoms with Crippen LogP contribution in [-0.4, -0.2) is 111 Å². The number of hydrogen-bond acceptors (Lipinski definition) is 13. The summed E-state index contributed by atoms with van der Waals surface area (Å²) in [5, 5.41) is 2.19. The lowest BCUT2D eigenvalue weighted by atomic mass is 9.85. The van der Waals surface area contributed by atoms with Crippen molar-refractivity contribution < 1.29 is 51.4 Å². The average Bonchev–Trinajstić information content (AvgIpc) is 1.68. The van der Waals surface area contributed by atoms with Crippen LogP contribution in [0.1, 0.15) is 190 Å². The Morgan fingerprint density at radius 3 is 1.57 bits per heavy atom. The number of aromatic nitrogens is 2. The Morgan fingerprint density at radius 1 is 0.640 bits per heavy atom. The van der Waals surface area contributed by atoms with Crippen molar-refractivity contribution in [2.75, 3.05) is 19.7 Å². The summed E-state index contributed by atoms with van der Waals surface area (Å²) in [6, 6.07) is 11.2. The number of amides is 3. The van der Waals surface area contributed by atoms with Crippen molar-refractivity contribution in [3.05, 3.63) is 94.3 Å². The maximum Gasteiger partial charge on any atom is 0.313 e. The lowest BCUT2D eigenvalue weighted by Gasteiger charge is -2.36. The van der Waals surface area contributed by atoms with E-state index < -0.39 is 54.8 Å². The van der Waals surface area contributed by atoms with Crippen molar-refractivity contribution in [3.8, 4) is 11.5 Å². The number of hydrogen-bond donors (Lipinski definition) is 1. The second-order valence-corrected chi connectivity index (χ2v) is 30.9. The number of rotatable bonds is 5. The molecular weight excluding hydrogens is 1140 g/mol. The van der Waals surface area contributed by atoms with Crippen molar-refractivity contribution in [1.82, 2.24) is 24.5 Å². The van der Waals surface area contributed by atoms with E-state index in [4.69, 9.17) is 24.2 Å². The highest BCUT2D eigenvalue weighted by molar-refractivity contribution is 7.91. The summed E-state index contributed by atoms with van der Waals surface area (Å²) >= 11 is 0. The number of fused-ring (bicyclic) bond motifs is 10. The number of sulfonamides is 1. The number of Topliss-reactive ketones (excluding diaryl/α,β-unsaturated/α-hetero) is 2. The van der Waals surface area contributed by atoms with E-state index in [0.29, 0.717) is 58.0 Å². The van der Waals surface area contributed by atoms with E-state index >= 15 is 0 Å². The molecular formula is C72H91N5O11S. The zero-order valence-electron chi connectivity index (χ0n) is 53.6. The number of carbonyl (C=O) groups excluding carboxylic acids is 6. The molecule has 4 aromatic rings. The lowest BCUT2D eigenvalue weighted by Crippen LogP contribution is -2.47. The molecule has 6 aliphatic heterocycles. The zero-order chi connectivity index (χ0) is 63.0. The first kappa shape index (κ1) is 62.7. The van der Waals surface area contributed by atoms with Gasteiger partial charge in [-0.25, -0.2) is 18.4 Å². The number of nitrogens with zero attached hydrogens (tertiary/aromatic N) is 4. The highest BCUT2D eigenvalue weighted by Crippen LogP contribution is 2.60. The number of nitrogens with one attached hydrogen (secondary N) is 1. The van der Waals surface area contributed by atoms with Crippen LogP contribution in [0.2, 0.25) is 0 Å². The van der Waals surface area contributed by atoms with E-state index in [0.717, 1.165) is 145 Å². The fourth-order valence-electron chi connectivity index (χ4n) is 15.8. The molecule has 17 heteroatoms. The third-order valence-electron chi connectivity index (χ3n) is 22.0. The second kappa shape index (κ2) is 24.0. The quantitative estimate of drug-likeness (QED) is 0.146. The molecule has 2 spiro atoms. The molecule has 8 heterocycles. The molecule has 2 aromatic carbocycles. The van der Waals surface area contributed by atoms with Crippen LogP contribution in [0.25, 0.3) is 21.8 Å². The average molecular weight is 1230 g/mol. The molecule has 0 bridgehead atoms. The van der Waals surface area contributed by atoms with Crippen molar-refractivity contribution in [3.63, 3.8) is 0 Å². The number of ether oxygens (including phenoxy) is 3. The van der Waals surface area contributed by atoms with Crippen LogP contribution in [-0.2, 0) is 56.4 Å². The van der Waals surface area contributed by atoms with Crippen molar-refractivity contribution in [2.45, 2.75) is 225 Å². The maximum absolute atomic E-state index is 14.4. The monoisotopic (exact) mass is 1230 g/mol. The standard InChI is InChI=1S/C37H47N3O6S.C35H44N2O5/c1-23-12-13-29-28(18-23)27-14-15-36(46-32(27)25(3)38-29)20-30-31(41)21-37(34(43)39-47(44,45)35(4)16-17-35)19-26(37)11-9-7-5-6-8-10-24(2)33(42)40(30)22-36;1-5-41-33(40)35-18-25(35)12-10-8-6-7-9-11-23(3)32(39)37-21-34(19-29(37)30(38)20-35)16-15-26-27-17-22(2)13-14-28(27)36-24(4)31(26)42-34/h9,11-13,18,24,26,30H,5-8,10,14-17,19-22H2,1-4H3,(H,39,43);10,12-14,17,23,25,29H,5-9,11,15-16,18-21H2,1-4H3/b11-9-;12-10-/t24-,26+,30-,36+,37?;23-,25+,29-,34+,35?/m00/s1. The summed E-state index contributed by atoms with van der Waals surface area (Å²) in [6.45, 7) is 16.4. The molecule has 9 aliphatic rings. The third kappa shape index (κ3) is 12.0. The summed E-state index contributed by atoms with van der Waals surface area (Å²) in [6.07, 6.45) is 23.4. The van der Waals surface area contributed by atoms with Crippen LogP contribution in [0.15, 0.2) is 60.7 Å². The van der Waals surface area contributed by atoms with Gasteiger partial charge < -0.3 is 24.0 Å². The van der Waals surface area contributed by atoms with Gasteiger partial charge in [-0.05, 0) is 168 Å². The Labute approximate surface area is 525 Å². The topological polar surface area (TPSA) is 209 Å². The van der Waals surface area contributed by atoms with Gasteiger partial charge in [0.2, 0.25) is 27.7 Å². The molecule has 2 unspecified atom stereocenters. The summed E-state index contributed by atoms with van der Waals surface area (Å²) < 4.78 is 46.9. The fourth-order valence-corrected chi connectivity index (χ4v) is 17.2. The Bertz CT molecular complexity index is 3720. The smallest absolute Gasteiger partial charge is 0.313 e. The number of benzene rings is 2. The van der Waals surface area contributed by atoms with E-state index in [1.165, 1.54) is 5.56 Å². The van der Waals surface area contributed by atoms with Crippen LogP contribution >= 0.6 is 0 Å². The highest BCUT2D eigenvalue weighted by atomic mass is 32.2. The number of pyridine rings is 2. The van der Waals surface area contributed by atoms with Gasteiger partial charge in [-0.1, -0.05) is 87.1 Å². The molecule has 16 nitrogen and oxygen atoms in total. The van der Waals surface area contributed by atoms with Crippen LogP contribution in [0.3, 0.4) is 0 Å². The van der Waals surface area contributed by atoms with E-state index in [2.05, 4.69) is 67.1 Å². The van der Waals surface area contributed by atoms with Gasteiger partial charge >= 0.3 is 5.97 Å². The molecule has 89 heavy (non-hydrogen) atoms. The molecule has 0 radical (unpaired) electrons. The summed E-state index contributed by atoms with van der Waals surface area (Å²) in [5.41, 5.74) is 4.76. The van der Waals surface area contributed by atoms with E-state index in [9.17, 15) is 37.2 Å². The molecule has 3 aliphatic carbocycles. The highest BCUT2D eigenvalue weighted by Gasteiger charge is 2.65. The number of ketones is 2. The summed E-state index contributed by atoms with van der Waals surface area (Å²) in [4.78, 5) is 96.9. The predicted octanol–water partition coefficient (Wildman–Crippen LogP) is 11.8. The first-order chi connectivity index (χ1) is 42.4. The lowest BCUT2D eigenvalue weighted by molar-refractivity contribution is -0.152. The van der Waals surface area contributed by atoms with E-state index in [-0.39, 0.29) is 72.5 Å². The predicted molar refractivity (Wildman–Crippen MR) is 340 cm³/mol. The number of carbonyl (C=O) groups is 6. The normalized spacial score (nSPS) is 32.5. The number of aryl methyl sites for hydroxylation is 6. The molecule has 3 saturated carbocycles. The Balaban J connectivity index is 0.000000174. The first-order valence-electron chi connectivity index (χ1n) is 33.3. The van der Waals surface area contributed by atoms with E-state index in [1.807, 2.05) is 39.8 Å². The molecule has 13 rings (SSSR count). The maximum atomic E-state index is 14.4. The Morgan fingerprint density at radius 2 is 1.10 bits per heavy atom.